The summed E-state index contributed by atoms with van der Waals surface area (Å²) < 4.78 is 25.2. The number of thiophene rings is 1. The molecule has 0 atom stereocenters. The molecule has 2 rings (SSSR count). The van der Waals surface area contributed by atoms with E-state index in [-0.39, 0.29) is 17.4 Å². The van der Waals surface area contributed by atoms with E-state index in [4.69, 9.17) is 0 Å². The zero-order chi connectivity index (χ0) is 18.1. The lowest BCUT2D eigenvalue weighted by atomic mass is 10.2. The van der Waals surface area contributed by atoms with Gasteiger partial charge in [0.2, 0.25) is 5.91 Å². The topological polar surface area (TPSA) is 63.2 Å². The molecule has 1 amide bonds. The van der Waals surface area contributed by atoms with Crippen LogP contribution in [0.2, 0.25) is 0 Å². The van der Waals surface area contributed by atoms with Gasteiger partial charge < -0.3 is 5.32 Å². The van der Waals surface area contributed by atoms with Gasteiger partial charge in [-0.3, -0.25) is 4.79 Å². The SMILES string of the molecule is O=C(CCCc1ccc(Br)s1)NCCCS(=O)(=O)Cc1ccccc1. The third-order valence-electron chi connectivity index (χ3n) is 3.64. The van der Waals surface area contributed by atoms with Gasteiger partial charge in [0.05, 0.1) is 15.3 Å². The number of sulfone groups is 1. The Morgan fingerprint density at radius 1 is 1.08 bits per heavy atom. The number of amides is 1. The first-order valence-corrected chi connectivity index (χ1v) is 11.6. The van der Waals surface area contributed by atoms with Gasteiger partial charge in [-0.1, -0.05) is 30.3 Å². The molecule has 0 saturated carbocycles. The lowest BCUT2D eigenvalue weighted by Crippen LogP contribution is -2.26. The van der Waals surface area contributed by atoms with Crippen molar-refractivity contribution in [1.82, 2.24) is 5.32 Å². The molecular formula is C18H22BrNO3S2. The van der Waals surface area contributed by atoms with Crippen molar-refractivity contribution in [2.24, 2.45) is 0 Å². The van der Waals surface area contributed by atoms with Gasteiger partial charge in [-0.05, 0) is 52.9 Å². The molecule has 4 nitrogen and oxygen atoms in total. The summed E-state index contributed by atoms with van der Waals surface area (Å²) in [5.74, 6) is 0.125. The smallest absolute Gasteiger partial charge is 0.220 e. The van der Waals surface area contributed by atoms with Crippen LogP contribution in [0.5, 0.6) is 0 Å². The maximum atomic E-state index is 12.1. The molecule has 1 heterocycles. The van der Waals surface area contributed by atoms with Gasteiger partial charge in [0.15, 0.2) is 9.84 Å². The minimum atomic E-state index is -3.14. The van der Waals surface area contributed by atoms with Crippen LogP contribution in [0.15, 0.2) is 46.3 Å². The highest BCUT2D eigenvalue weighted by Gasteiger charge is 2.12. The zero-order valence-corrected chi connectivity index (χ0v) is 17.1. The Morgan fingerprint density at radius 3 is 2.52 bits per heavy atom. The van der Waals surface area contributed by atoms with Crippen molar-refractivity contribution >= 4 is 43.0 Å². The summed E-state index contributed by atoms with van der Waals surface area (Å²) in [7, 11) is -3.14. The number of rotatable bonds is 10. The first-order chi connectivity index (χ1) is 11.9. The fourth-order valence-electron chi connectivity index (χ4n) is 2.42. The number of carbonyl (C=O) groups excluding carboxylic acids is 1. The van der Waals surface area contributed by atoms with Crippen LogP contribution in [-0.4, -0.2) is 26.6 Å². The highest BCUT2D eigenvalue weighted by atomic mass is 79.9. The largest absolute Gasteiger partial charge is 0.356 e. The maximum Gasteiger partial charge on any atom is 0.220 e. The number of hydrogen-bond donors (Lipinski definition) is 1. The molecule has 2 aromatic rings. The van der Waals surface area contributed by atoms with Gasteiger partial charge >= 0.3 is 0 Å². The van der Waals surface area contributed by atoms with Crippen LogP contribution < -0.4 is 5.32 Å². The summed E-state index contributed by atoms with van der Waals surface area (Å²) in [6.07, 6.45) is 2.59. The first-order valence-electron chi connectivity index (χ1n) is 8.20. The molecule has 1 N–H and O–H groups in total. The third kappa shape index (κ3) is 8.16. The van der Waals surface area contributed by atoms with Crippen molar-refractivity contribution in [2.45, 2.75) is 31.4 Å². The first kappa shape index (κ1) is 20.1. The lowest BCUT2D eigenvalue weighted by molar-refractivity contribution is -0.121. The average Bonchev–Trinajstić information content (AvgIpc) is 2.97. The van der Waals surface area contributed by atoms with Gasteiger partial charge in [0.25, 0.3) is 0 Å². The molecule has 136 valence electrons. The van der Waals surface area contributed by atoms with Crippen LogP contribution in [0.3, 0.4) is 0 Å². The van der Waals surface area contributed by atoms with Crippen LogP contribution >= 0.6 is 27.3 Å². The van der Waals surface area contributed by atoms with Crippen LogP contribution in [0.1, 0.15) is 29.7 Å². The number of carbonyl (C=O) groups is 1. The van der Waals surface area contributed by atoms with E-state index in [1.807, 2.05) is 36.4 Å². The number of aryl methyl sites for hydroxylation is 1. The number of halogens is 1. The Labute approximate surface area is 161 Å². The molecule has 1 aromatic heterocycles. The van der Waals surface area contributed by atoms with Crippen molar-refractivity contribution in [2.75, 3.05) is 12.3 Å². The van der Waals surface area contributed by atoms with E-state index in [2.05, 4.69) is 27.3 Å². The number of benzene rings is 1. The molecule has 7 heteroatoms. The standard InChI is InChI=1S/C18H22BrNO3S2/c19-17-11-10-16(24-17)8-4-9-18(21)20-12-5-13-25(22,23)14-15-6-2-1-3-7-15/h1-3,6-7,10-11H,4-5,8-9,12-14H2,(H,20,21). The monoisotopic (exact) mass is 443 g/mol. The summed E-state index contributed by atoms with van der Waals surface area (Å²) in [5.41, 5.74) is 0.798. The van der Waals surface area contributed by atoms with Crippen LogP contribution in [0.4, 0.5) is 0 Å². The summed E-state index contributed by atoms with van der Waals surface area (Å²) in [6, 6.07) is 13.2. The van der Waals surface area contributed by atoms with Crippen molar-refractivity contribution < 1.29 is 13.2 Å². The minimum absolute atomic E-state index is 0.0175. The van der Waals surface area contributed by atoms with E-state index in [0.717, 1.165) is 22.2 Å². The lowest BCUT2D eigenvalue weighted by Gasteiger charge is -2.06. The Morgan fingerprint density at radius 2 is 1.84 bits per heavy atom. The zero-order valence-electron chi connectivity index (χ0n) is 13.9. The maximum absolute atomic E-state index is 12.1. The predicted octanol–water partition coefficient (Wildman–Crippen LogP) is 3.95. The van der Waals surface area contributed by atoms with Crippen molar-refractivity contribution in [3.8, 4) is 0 Å². The van der Waals surface area contributed by atoms with Crippen molar-refractivity contribution in [3.63, 3.8) is 0 Å². The second-order valence-corrected chi connectivity index (χ2v) is 10.6. The molecule has 0 saturated heterocycles. The van der Waals surface area contributed by atoms with E-state index < -0.39 is 9.84 Å². The van der Waals surface area contributed by atoms with Gasteiger partial charge in [-0.15, -0.1) is 11.3 Å². The molecule has 0 aliphatic carbocycles. The minimum Gasteiger partial charge on any atom is -0.356 e. The normalized spacial score (nSPS) is 11.4. The second kappa shape index (κ2) is 10.1. The summed E-state index contributed by atoms with van der Waals surface area (Å²) in [6.45, 7) is 0.400. The molecule has 0 fully saturated rings. The number of hydrogen-bond acceptors (Lipinski definition) is 4. The van der Waals surface area contributed by atoms with Gasteiger partial charge in [-0.2, -0.15) is 0 Å². The Kier molecular flexibility index (Phi) is 8.12. The predicted molar refractivity (Wildman–Crippen MR) is 107 cm³/mol. The molecule has 25 heavy (non-hydrogen) atoms. The molecule has 0 spiro atoms. The van der Waals surface area contributed by atoms with Gasteiger partial charge in [0, 0.05) is 17.8 Å². The summed E-state index contributed by atoms with van der Waals surface area (Å²) >= 11 is 5.10. The summed E-state index contributed by atoms with van der Waals surface area (Å²) in [4.78, 5) is 13.0. The average molecular weight is 444 g/mol. The molecule has 0 aliphatic rings. The van der Waals surface area contributed by atoms with Gasteiger partial charge in [-0.25, -0.2) is 8.42 Å². The van der Waals surface area contributed by atoms with E-state index in [9.17, 15) is 13.2 Å². The Bertz CT molecular complexity index is 773. The Balaban J connectivity index is 1.59. The van der Waals surface area contributed by atoms with E-state index in [1.54, 1.807) is 11.3 Å². The Hall–Kier alpha value is -1.18. The van der Waals surface area contributed by atoms with E-state index in [0.29, 0.717) is 19.4 Å². The second-order valence-electron chi connectivity index (χ2n) is 5.84. The quantitative estimate of drug-likeness (QED) is 0.565. The van der Waals surface area contributed by atoms with Crippen molar-refractivity contribution in [3.05, 3.63) is 56.7 Å². The molecule has 1 aromatic carbocycles. The molecule has 0 unspecified atom stereocenters. The molecular weight excluding hydrogens is 422 g/mol. The van der Waals surface area contributed by atoms with E-state index >= 15 is 0 Å². The van der Waals surface area contributed by atoms with E-state index in [1.165, 1.54) is 4.88 Å². The van der Waals surface area contributed by atoms with Crippen molar-refractivity contribution in [1.29, 1.82) is 0 Å². The van der Waals surface area contributed by atoms with Crippen LogP contribution in [-0.2, 0) is 26.8 Å². The molecule has 0 aliphatic heterocycles. The number of nitrogens with one attached hydrogen (secondary N) is 1. The fraction of sp³-hybridized carbons (Fsp3) is 0.389. The van der Waals surface area contributed by atoms with Crippen LogP contribution in [0.25, 0.3) is 0 Å². The highest BCUT2D eigenvalue weighted by molar-refractivity contribution is 9.11. The van der Waals surface area contributed by atoms with Crippen LogP contribution in [0, 0.1) is 0 Å². The molecule has 0 bridgehead atoms. The van der Waals surface area contributed by atoms with Gasteiger partial charge in [0.1, 0.15) is 0 Å². The highest BCUT2D eigenvalue weighted by Crippen LogP contribution is 2.23. The molecule has 0 radical (unpaired) electrons. The third-order valence-corrected chi connectivity index (χ3v) is 7.01. The summed E-state index contributed by atoms with van der Waals surface area (Å²) in [5, 5.41) is 2.80. The fourth-order valence-corrected chi connectivity index (χ4v) is 5.37.